The molecule has 1 heterocycles. The van der Waals surface area contributed by atoms with E-state index in [9.17, 15) is 8.42 Å². The summed E-state index contributed by atoms with van der Waals surface area (Å²) in [5.41, 5.74) is 0. The summed E-state index contributed by atoms with van der Waals surface area (Å²) in [6, 6.07) is 14.3. The second-order valence-corrected chi connectivity index (χ2v) is 8.09. The summed E-state index contributed by atoms with van der Waals surface area (Å²) in [4.78, 5) is 2.09. The fourth-order valence-electron chi connectivity index (χ4n) is 2.93. The highest BCUT2D eigenvalue weighted by Gasteiger charge is 2.30. The molecule has 2 aromatic rings. The van der Waals surface area contributed by atoms with E-state index in [0.29, 0.717) is 12.4 Å². The van der Waals surface area contributed by atoms with E-state index in [0.717, 1.165) is 29.5 Å². The maximum Gasteiger partial charge on any atom is 0.151 e. The average molecular weight is 319 g/mol. The molecule has 0 spiro atoms. The molecule has 0 N–H and O–H groups in total. The maximum absolute atomic E-state index is 11.5. The number of sulfone groups is 1. The summed E-state index contributed by atoms with van der Waals surface area (Å²) < 4.78 is 29.0. The van der Waals surface area contributed by atoms with Gasteiger partial charge >= 0.3 is 0 Å². The summed E-state index contributed by atoms with van der Waals surface area (Å²) in [5, 5.41) is 2.27. The molecular weight excluding hydrogens is 298 g/mol. The van der Waals surface area contributed by atoms with Crippen molar-refractivity contribution in [3.8, 4) is 5.75 Å². The van der Waals surface area contributed by atoms with Crippen molar-refractivity contribution in [2.45, 2.75) is 12.5 Å². The molecule has 0 radical (unpaired) electrons. The van der Waals surface area contributed by atoms with Gasteiger partial charge in [0.15, 0.2) is 9.84 Å². The van der Waals surface area contributed by atoms with Gasteiger partial charge in [-0.2, -0.15) is 0 Å². The standard InChI is InChI=1S/C17H21NO3S/c1-18(15-9-12-22(19,20)13-15)10-11-21-17-8-4-6-14-5-2-3-7-16(14)17/h2-8,15H,9-13H2,1H3/t15-/m0/s1. The summed E-state index contributed by atoms with van der Waals surface area (Å²) in [7, 11) is -0.859. The number of likely N-dealkylation sites (N-methyl/N-ethyl adjacent to an activating group) is 1. The average Bonchev–Trinajstić information content (AvgIpc) is 2.88. The third-order valence-corrected chi connectivity index (χ3v) is 6.03. The van der Waals surface area contributed by atoms with Gasteiger partial charge in [0, 0.05) is 18.0 Å². The molecular formula is C17H21NO3S. The minimum Gasteiger partial charge on any atom is -0.492 e. The number of rotatable bonds is 5. The number of hydrogen-bond donors (Lipinski definition) is 0. The second-order valence-electron chi connectivity index (χ2n) is 5.86. The lowest BCUT2D eigenvalue weighted by Crippen LogP contribution is -2.35. The van der Waals surface area contributed by atoms with E-state index < -0.39 is 9.84 Å². The Hall–Kier alpha value is -1.59. The third-order valence-electron chi connectivity index (χ3n) is 4.28. The zero-order valence-electron chi connectivity index (χ0n) is 12.7. The third kappa shape index (κ3) is 3.42. The molecule has 0 amide bonds. The van der Waals surface area contributed by atoms with Crippen LogP contribution in [-0.4, -0.2) is 51.1 Å². The van der Waals surface area contributed by atoms with Crippen LogP contribution in [0.1, 0.15) is 6.42 Å². The minimum atomic E-state index is -2.83. The van der Waals surface area contributed by atoms with E-state index in [1.54, 1.807) is 0 Å². The van der Waals surface area contributed by atoms with Crippen molar-refractivity contribution < 1.29 is 13.2 Å². The molecule has 1 aliphatic heterocycles. The summed E-state index contributed by atoms with van der Waals surface area (Å²) in [6.07, 6.45) is 0.729. The number of nitrogens with zero attached hydrogens (tertiary/aromatic N) is 1. The monoisotopic (exact) mass is 319 g/mol. The molecule has 1 aliphatic rings. The zero-order valence-corrected chi connectivity index (χ0v) is 13.6. The molecule has 0 aromatic heterocycles. The van der Waals surface area contributed by atoms with Crippen LogP contribution in [0.2, 0.25) is 0 Å². The van der Waals surface area contributed by atoms with Gasteiger partial charge in [0.05, 0.1) is 11.5 Å². The van der Waals surface area contributed by atoms with Crippen LogP contribution in [-0.2, 0) is 9.84 Å². The van der Waals surface area contributed by atoms with Crippen LogP contribution in [0.25, 0.3) is 10.8 Å². The van der Waals surface area contributed by atoms with Gasteiger partial charge < -0.3 is 4.74 Å². The molecule has 5 heteroatoms. The van der Waals surface area contributed by atoms with Gasteiger partial charge in [0.1, 0.15) is 12.4 Å². The molecule has 1 fully saturated rings. The van der Waals surface area contributed by atoms with Crippen molar-refractivity contribution in [2.75, 3.05) is 31.7 Å². The zero-order chi connectivity index (χ0) is 15.6. The second kappa shape index (κ2) is 6.26. The lowest BCUT2D eigenvalue weighted by molar-refractivity contribution is 0.203. The molecule has 118 valence electrons. The Kier molecular flexibility index (Phi) is 4.36. The predicted molar refractivity (Wildman–Crippen MR) is 89.1 cm³/mol. The van der Waals surface area contributed by atoms with Gasteiger partial charge in [-0.05, 0) is 24.9 Å². The van der Waals surface area contributed by atoms with Crippen LogP contribution < -0.4 is 4.74 Å². The molecule has 2 aromatic carbocycles. The summed E-state index contributed by atoms with van der Waals surface area (Å²) in [6.45, 7) is 1.28. The topological polar surface area (TPSA) is 46.6 Å². The Balaban J connectivity index is 1.58. The van der Waals surface area contributed by atoms with Gasteiger partial charge in [-0.3, -0.25) is 4.90 Å². The Bertz CT molecular complexity index is 752. The Labute approximate surface area is 131 Å². The first-order valence-corrected chi connectivity index (χ1v) is 9.38. The molecule has 1 atom stereocenters. The number of fused-ring (bicyclic) bond motifs is 1. The van der Waals surface area contributed by atoms with Crippen molar-refractivity contribution >= 4 is 20.6 Å². The first-order valence-electron chi connectivity index (χ1n) is 7.56. The van der Waals surface area contributed by atoms with Crippen molar-refractivity contribution in [1.82, 2.24) is 4.90 Å². The van der Waals surface area contributed by atoms with Crippen molar-refractivity contribution in [2.24, 2.45) is 0 Å². The first-order chi connectivity index (χ1) is 10.6. The van der Waals surface area contributed by atoms with E-state index in [1.807, 2.05) is 31.3 Å². The Morgan fingerprint density at radius 3 is 2.73 bits per heavy atom. The largest absolute Gasteiger partial charge is 0.492 e. The fraction of sp³-hybridized carbons (Fsp3) is 0.412. The highest BCUT2D eigenvalue weighted by molar-refractivity contribution is 7.91. The predicted octanol–water partition coefficient (Wildman–Crippen LogP) is 2.34. The van der Waals surface area contributed by atoms with Gasteiger partial charge in [0.2, 0.25) is 0 Å². The lowest BCUT2D eigenvalue weighted by atomic mass is 10.1. The van der Waals surface area contributed by atoms with Gasteiger partial charge in [-0.1, -0.05) is 36.4 Å². The van der Waals surface area contributed by atoms with Crippen molar-refractivity contribution in [3.63, 3.8) is 0 Å². The van der Waals surface area contributed by atoms with Crippen molar-refractivity contribution in [1.29, 1.82) is 0 Å². The maximum atomic E-state index is 11.5. The molecule has 0 unspecified atom stereocenters. The highest BCUT2D eigenvalue weighted by Crippen LogP contribution is 2.25. The minimum absolute atomic E-state index is 0.126. The van der Waals surface area contributed by atoms with Crippen LogP contribution in [0.4, 0.5) is 0 Å². The molecule has 3 rings (SSSR count). The summed E-state index contributed by atoms with van der Waals surface area (Å²) >= 11 is 0. The molecule has 0 saturated carbocycles. The molecule has 1 saturated heterocycles. The van der Waals surface area contributed by atoms with Crippen LogP contribution in [0, 0.1) is 0 Å². The van der Waals surface area contributed by atoms with Crippen molar-refractivity contribution in [3.05, 3.63) is 42.5 Å². The van der Waals surface area contributed by atoms with Crippen LogP contribution in [0.15, 0.2) is 42.5 Å². The lowest BCUT2D eigenvalue weighted by Gasteiger charge is -2.23. The van der Waals surface area contributed by atoms with E-state index in [4.69, 9.17) is 4.74 Å². The van der Waals surface area contributed by atoms with Gasteiger partial charge in [-0.25, -0.2) is 8.42 Å². The van der Waals surface area contributed by atoms with E-state index >= 15 is 0 Å². The van der Waals surface area contributed by atoms with Crippen LogP contribution in [0.3, 0.4) is 0 Å². The molecule has 0 bridgehead atoms. The SMILES string of the molecule is CN(CCOc1cccc2ccccc12)[C@H]1CCS(=O)(=O)C1. The number of hydrogen-bond acceptors (Lipinski definition) is 4. The van der Waals surface area contributed by atoms with Crippen LogP contribution >= 0.6 is 0 Å². The Morgan fingerprint density at radius 1 is 1.18 bits per heavy atom. The van der Waals surface area contributed by atoms with Gasteiger partial charge in [0.25, 0.3) is 0 Å². The smallest absolute Gasteiger partial charge is 0.151 e. The number of ether oxygens (including phenoxy) is 1. The fourth-order valence-corrected chi connectivity index (χ4v) is 4.73. The van der Waals surface area contributed by atoms with Crippen LogP contribution in [0.5, 0.6) is 5.75 Å². The molecule has 0 aliphatic carbocycles. The quantitative estimate of drug-likeness (QED) is 0.849. The highest BCUT2D eigenvalue weighted by atomic mass is 32.2. The van der Waals surface area contributed by atoms with E-state index in [2.05, 4.69) is 23.1 Å². The van der Waals surface area contributed by atoms with Gasteiger partial charge in [-0.15, -0.1) is 0 Å². The normalized spacial score (nSPS) is 20.5. The van der Waals surface area contributed by atoms with E-state index in [-0.39, 0.29) is 11.8 Å². The summed E-state index contributed by atoms with van der Waals surface area (Å²) in [5.74, 6) is 1.47. The number of benzene rings is 2. The molecule has 4 nitrogen and oxygen atoms in total. The Morgan fingerprint density at radius 2 is 1.95 bits per heavy atom. The van der Waals surface area contributed by atoms with E-state index in [1.165, 1.54) is 0 Å². The first kappa shape index (κ1) is 15.3. The molecule has 22 heavy (non-hydrogen) atoms.